The molecule has 1 aromatic heterocycles. The van der Waals surface area contributed by atoms with Gasteiger partial charge in [0.05, 0.1) is 5.56 Å². The summed E-state index contributed by atoms with van der Waals surface area (Å²) in [6.45, 7) is 6.72. The Morgan fingerprint density at radius 2 is 2.24 bits per heavy atom. The van der Waals surface area contributed by atoms with Gasteiger partial charge >= 0.3 is 5.97 Å². The Kier molecular flexibility index (Phi) is 3.54. The van der Waals surface area contributed by atoms with E-state index < -0.39 is 5.60 Å². The van der Waals surface area contributed by atoms with Crippen LogP contribution >= 0.6 is 11.3 Å². The molecule has 1 aliphatic rings. The maximum absolute atomic E-state index is 12.1. The molecule has 1 saturated heterocycles. The molecule has 2 heterocycles. The summed E-state index contributed by atoms with van der Waals surface area (Å²) in [4.78, 5) is 12.1. The van der Waals surface area contributed by atoms with Crippen LogP contribution in [0.15, 0.2) is 10.8 Å². The summed E-state index contributed by atoms with van der Waals surface area (Å²) < 4.78 is 5.42. The first kappa shape index (κ1) is 12.6. The van der Waals surface area contributed by atoms with Gasteiger partial charge in [-0.25, -0.2) is 4.79 Å². The quantitative estimate of drug-likeness (QED) is 0.823. The van der Waals surface area contributed by atoms with Crippen LogP contribution in [0, 0.1) is 0 Å². The van der Waals surface area contributed by atoms with Crippen LogP contribution < -0.4 is 5.32 Å². The van der Waals surface area contributed by atoms with E-state index >= 15 is 0 Å². The normalized spacial score (nSPS) is 20.5. The summed E-state index contributed by atoms with van der Waals surface area (Å²) in [5, 5.41) is 7.37. The van der Waals surface area contributed by atoms with Crippen molar-refractivity contribution < 1.29 is 9.53 Å². The average Bonchev–Trinajstić information content (AvgIpc) is 2.85. The van der Waals surface area contributed by atoms with Crippen molar-refractivity contribution in [1.82, 2.24) is 5.32 Å². The van der Waals surface area contributed by atoms with Crippen molar-refractivity contribution in [3.8, 4) is 0 Å². The van der Waals surface area contributed by atoms with Crippen molar-refractivity contribution in [2.75, 3.05) is 6.54 Å². The van der Waals surface area contributed by atoms with Gasteiger partial charge in [0.1, 0.15) is 5.60 Å². The van der Waals surface area contributed by atoms with E-state index in [4.69, 9.17) is 4.74 Å². The average molecular weight is 253 g/mol. The molecule has 1 fully saturated rings. The van der Waals surface area contributed by atoms with Crippen molar-refractivity contribution in [1.29, 1.82) is 0 Å². The molecule has 1 aromatic rings. The minimum atomic E-state index is -0.431. The van der Waals surface area contributed by atoms with Crippen LogP contribution in [0.2, 0.25) is 0 Å². The maximum atomic E-state index is 12.1. The van der Waals surface area contributed by atoms with E-state index in [0.717, 1.165) is 24.1 Å². The number of thiophene rings is 1. The Morgan fingerprint density at radius 1 is 1.47 bits per heavy atom. The van der Waals surface area contributed by atoms with Crippen LogP contribution in [-0.4, -0.2) is 18.1 Å². The van der Waals surface area contributed by atoms with Gasteiger partial charge in [-0.05, 0) is 51.1 Å². The van der Waals surface area contributed by atoms with Gasteiger partial charge in [-0.1, -0.05) is 0 Å². The zero-order valence-corrected chi connectivity index (χ0v) is 11.4. The van der Waals surface area contributed by atoms with E-state index in [1.165, 1.54) is 6.42 Å². The van der Waals surface area contributed by atoms with Gasteiger partial charge in [-0.2, -0.15) is 11.3 Å². The topological polar surface area (TPSA) is 38.3 Å². The highest BCUT2D eigenvalue weighted by atomic mass is 32.1. The molecule has 3 nitrogen and oxygen atoms in total. The maximum Gasteiger partial charge on any atom is 0.339 e. The van der Waals surface area contributed by atoms with E-state index in [1.54, 1.807) is 11.3 Å². The molecular formula is C13H19NO2S. The molecule has 0 bridgehead atoms. The highest BCUT2D eigenvalue weighted by Gasteiger charge is 2.26. The van der Waals surface area contributed by atoms with E-state index in [2.05, 4.69) is 10.7 Å². The molecule has 1 N–H and O–H groups in total. The molecule has 0 aliphatic carbocycles. The Labute approximate surface area is 106 Å². The lowest BCUT2D eigenvalue weighted by Gasteiger charge is -2.20. The molecule has 0 saturated carbocycles. The van der Waals surface area contributed by atoms with Gasteiger partial charge in [0.25, 0.3) is 0 Å². The molecule has 0 radical (unpaired) electrons. The smallest absolute Gasteiger partial charge is 0.339 e. The fourth-order valence-electron chi connectivity index (χ4n) is 2.03. The van der Waals surface area contributed by atoms with Gasteiger partial charge < -0.3 is 10.1 Å². The fraction of sp³-hybridized carbons (Fsp3) is 0.615. The number of rotatable bonds is 2. The monoisotopic (exact) mass is 253 g/mol. The van der Waals surface area contributed by atoms with Gasteiger partial charge in [-0.15, -0.1) is 0 Å². The molecule has 17 heavy (non-hydrogen) atoms. The minimum Gasteiger partial charge on any atom is -0.456 e. The van der Waals surface area contributed by atoms with Gasteiger partial charge in [0.2, 0.25) is 0 Å². The lowest BCUT2D eigenvalue weighted by atomic mass is 10.0. The Hall–Kier alpha value is -0.870. The Balaban J connectivity index is 2.15. The predicted molar refractivity (Wildman–Crippen MR) is 69.5 cm³/mol. The summed E-state index contributed by atoms with van der Waals surface area (Å²) in [5.74, 6) is -0.206. The molecule has 0 spiro atoms. The van der Waals surface area contributed by atoms with Crippen molar-refractivity contribution in [3.05, 3.63) is 21.9 Å². The number of carbonyl (C=O) groups excluding carboxylic acids is 1. The van der Waals surface area contributed by atoms with E-state index in [-0.39, 0.29) is 5.97 Å². The molecule has 4 heteroatoms. The number of esters is 1. The zero-order chi connectivity index (χ0) is 12.5. The second-order valence-corrected chi connectivity index (χ2v) is 6.14. The van der Waals surface area contributed by atoms with Crippen molar-refractivity contribution in [2.24, 2.45) is 0 Å². The van der Waals surface area contributed by atoms with Crippen molar-refractivity contribution in [2.45, 2.75) is 45.3 Å². The first-order chi connectivity index (χ1) is 7.97. The van der Waals surface area contributed by atoms with Crippen LogP contribution in [0.3, 0.4) is 0 Å². The van der Waals surface area contributed by atoms with Gasteiger partial charge in [0.15, 0.2) is 0 Å². The second-order valence-electron chi connectivity index (χ2n) is 5.39. The molecule has 1 aliphatic heterocycles. The Morgan fingerprint density at radius 3 is 2.82 bits per heavy atom. The van der Waals surface area contributed by atoms with E-state index in [0.29, 0.717) is 6.04 Å². The molecule has 0 aromatic carbocycles. The molecule has 1 unspecified atom stereocenters. The van der Waals surface area contributed by atoms with Crippen LogP contribution in [0.1, 0.15) is 55.6 Å². The summed E-state index contributed by atoms with van der Waals surface area (Å²) in [5.41, 5.74) is 1.39. The third-order valence-corrected chi connectivity index (χ3v) is 3.51. The lowest BCUT2D eigenvalue weighted by Crippen LogP contribution is -2.25. The predicted octanol–water partition coefficient (Wildman–Crippen LogP) is 3.13. The third-order valence-electron chi connectivity index (χ3n) is 2.75. The number of carbonyl (C=O) groups is 1. The summed E-state index contributed by atoms with van der Waals surface area (Å²) in [6, 6.07) is 0.323. The van der Waals surface area contributed by atoms with Crippen LogP contribution in [-0.2, 0) is 4.74 Å². The van der Waals surface area contributed by atoms with Crippen LogP contribution in [0.25, 0.3) is 0 Å². The number of hydrogen-bond acceptors (Lipinski definition) is 4. The molecule has 2 rings (SSSR count). The van der Waals surface area contributed by atoms with E-state index in [1.807, 2.05) is 26.2 Å². The first-order valence-corrected chi connectivity index (χ1v) is 6.94. The minimum absolute atomic E-state index is 0.206. The fourth-order valence-corrected chi connectivity index (χ4v) is 2.90. The highest BCUT2D eigenvalue weighted by Crippen LogP contribution is 2.30. The van der Waals surface area contributed by atoms with Crippen LogP contribution in [0.5, 0.6) is 0 Å². The standard InChI is InChI=1S/C13H19NO2S/c1-13(2,3)16-12(15)10-8-17-7-9(10)11-5-4-6-14-11/h7-8,11,14H,4-6H2,1-3H3. The van der Waals surface area contributed by atoms with E-state index in [9.17, 15) is 4.79 Å². The zero-order valence-electron chi connectivity index (χ0n) is 10.6. The second kappa shape index (κ2) is 4.78. The largest absolute Gasteiger partial charge is 0.456 e. The van der Waals surface area contributed by atoms with Crippen LogP contribution in [0.4, 0.5) is 0 Å². The van der Waals surface area contributed by atoms with Crippen molar-refractivity contribution >= 4 is 17.3 Å². The summed E-state index contributed by atoms with van der Waals surface area (Å²) >= 11 is 1.57. The Bertz CT molecular complexity index is 400. The van der Waals surface area contributed by atoms with Gasteiger partial charge in [-0.3, -0.25) is 0 Å². The summed E-state index contributed by atoms with van der Waals surface area (Å²) in [7, 11) is 0. The SMILES string of the molecule is CC(C)(C)OC(=O)c1cscc1C1CCCN1. The highest BCUT2D eigenvalue weighted by molar-refractivity contribution is 7.08. The lowest BCUT2D eigenvalue weighted by molar-refractivity contribution is 0.00684. The number of nitrogens with one attached hydrogen (secondary N) is 1. The number of ether oxygens (including phenoxy) is 1. The summed E-state index contributed by atoms with van der Waals surface area (Å²) in [6.07, 6.45) is 2.28. The molecule has 94 valence electrons. The van der Waals surface area contributed by atoms with Gasteiger partial charge in [0, 0.05) is 11.4 Å². The molecule has 0 amide bonds. The van der Waals surface area contributed by atoms with Crippen molar-refractivity contribution in [3.63, 3.8) is 0 Å². The first-order valence-electron chi connectivity index (χ1n) is 6.00. The molecule has 1 atom stereocenters. The number of hydrogen-bond donors (Lipinski definition) is 1. The third kappa shape index (κ3) is 3.07. The molecular weight excluding hydrogens is 234 g/mol.